The van der Waals surface area contributed by atoms with Crippen LogP contribution in [0.3, 0.4) is 0 Å². The van der Waals surface area contributed by atoms with E-state index in [1.807, 2.05) is 30.3 Å². The van der Waals surface area contributed by atoms with Crippen LogP contribution >= 0.6 is 11.6 Å². The van der Waals surface area contributed by atoms with Crippen molar-refractivity contribution in [1.82, 2.24) is 20.2 Å². The van der Waals surface area contributed by atoms with E-state index in [4.69, 9.17) is 11.6 Å². The smallest absolute Gasteiger partial charge is 0.204 e. The minimum Gasteiger partial charge on any atom is -0.390 e. The van der Waals surface area contributed by atoms with Crippen LogP contribution in [0.15, 0.2) is 30.3 Å². The maximum atomic E-state index is 9.33. The Labute approximate surface area is 97.7 Å². The molecule has 1 atom stereocenters. The van der Waals surface area contributed by atoms with E-state index in [0.29, 0.717) is 5.82 Å². The maximum absolute atomic E-state index is 9.33. The largest absolute Gasteiger partial charge is 0.390 e. The van der Waals surface area contributed by atoms with E-state index in [0.717, 1.165) is 5.56 Å². The summed E-state index contributed by atoms with van der Waals surface area (Å²) in [7, 11) is 0. The fourth-order valence-corrected chi connectivity index (χ4v) is 1.36. The van der Waals surface area contributed by atoms with Crippen molar-refractivity contribution in [1.29, 1.82) is 0 Å². The van der Waals surface area contributed by atoms with E-state index in [2.05, 4.69) is 15.4 Å². The highest BCUT2D eigenvalue weighted by Crippen LogP contribution is 2.11. The summed E-state index contributed by atoms with van der Waals surface area (Å²) in [6, 6.07) is 9.54. The standard InChI is InChI=1S/C10H11ClN4O/c11-6-9(16)7-15-13-10(12-14-15)8-4-2-1-3-5-8/h1-5,9,16H,6-7H2. The Kier molecular flexibility index (Phi) is 3.48. The fourth-order valence-electron chi connectivity index (χ4n) is 1.26. The molecule has 1 unspecified atom stereocenters. The lowest BCUT2D eigenvalue weighted by Crippen LogP contribution is -2.19. The molecule has 16 heavy (non-hydrogen) atoms. The lowest BCUT2D eigenvalue weighted by Gasteiger charge is -2.03. The van der Waals surface area contributed by atoms with Crippen molar-refractivity contribution >= 4 is 11.6 Å². The van der Waals surface area contributed by atoms with Gasteiger partial charge in [0.15, 0.2) is 0 Å². The summed E-state index contributed by atoms with van der Waals surface area (Å²) in [6.45, 7) is 0.253. The van der Waals surface area contributed by atoms with E-state index in [9.17, 15) is 5.11 Å². The first-order valence-electron chi connectivity index (χ1n) is 4.87. The maximum Gasteiger partial charge on any atom is 0.204 e. The van der Waals surface area contributed by atoms with Crippen molar-refractivity contribution < 1.29 is 5.11 Å². The highest BCUT2D eigenvalue weighted by molar-refractivity contribution is 6.18. The molecule has 1 aromatic carbocycles. The highest BCUT2D eigenvalue weighted by atomic mass is 35.5. The Morgan fingerprint density at radius 1 is 1.31 bits per heavy atom. The number of halogens is 1. The minimum atomic E-state index is -0.653. The van der Waals surface area contributed by atoms with Gasteiger partial charge in [0.2, 0.25) is 5.82 Å². The van der Waals surface area contributed by atoms with Crippen LogP contribution in [0, 0.1) is 0 Å². The Morgan fingerprint density at radius 3 is 2.75 bits per heavy atom. The van der Waals surface area contributed by atoms with Crippen molar-refractivity contribution in [3.05, 3.63) is 30.3 Å². The second-order valence-corrected chi connectivity index (χ2v) is 3.65. The predicted molar refractivity (Wildman–Crippen MR) is 60.0 cm³/mol. The van der Waals surface area contributed by atoms with Gasteiger partial charge in [-0.15, -0.1) is 21.8 Å². The Hall–Kier alpha value is -1.46. The summed E-state index contributed by atoms with van der Waals surface area (Å²) in [4.78, 5) is 1.34. The number of hydrogen-bond acceptors (Lipinski definition) is 4. The van der Waals surface area contributed by atoms with E-state index >= 15 is 0 Å². The number of benzene rings is 1. The molecule has 0 fully saturated rings. The average Bonchev–Trinajstić information content (AvgIpc) is 2.78. The molecule has 1 heterocycles. The molecule has 0 saturated carbocycles. The number of nitrogens with zero attached hydrogens (tertiary/aromatic N) is 4. The van der Waals surface area contributed by atoms with Crippen LogP contribution in [0.5, 0.6) is 0 Å². The molecule has 0 amide bonds. The summed E-state index contributed by atoms with van der Waals surface area (Å²) < 4.78 is 0. The molecule has 2 aromatic rings. The molecule has 1 aromatic heterocycles. The van der Waals surface area contributed by atoms with Crippen LogP contribution < -0.4 is 0 Å². The second-order valence-electron chi connectivity index (χ2n) is 3.34. The van der Waals surface area contributed by atoms with E-state index in [1.165, 1.54) is 4.80 Å². The summed E-state index contributed by atoms with van der Waals surface area (Å²) >= 11 is 5.49. The lowest BCUT2D eigenvalue weighted by atomic mass is 10.2. The zero-order valence-electron chi connectivity index (χ0n) is 8.49. The molecule has 0 aliphatic carbocycles. The summed E-state index contributed by atoms with van der Waals surface area (Å²) in [6.07, 6.45) is -0.653. The van der Waals surface area contributed by atoms with Gasteiger partial charge in [-0.1, -0.05) is 30.3 Å². The Bertz CT molecular complexity index is 445. The van der Waals surface area contributed by atoms with Crippen molar-refractivity contribution in [2.24, 2.45) is 0 Å². The van der Waals surface area contributed by atoms with E-state index < -0.39 is 6.10 Å². The Balaban J connectivity index is 2.14. The number of aliphatic hydroxyl groups is 1. The molecule has 0 bridgehead atoms. The normalized spacial score (nSPS) is 12.6. The zero-order chi connectivity index (χ0) is 11.4. The number of hydrogen-bond donors (Lipinski definition) is 1. The predicted octanol–water partition coefficient (Wildman–Crippen LogP) is 0.940. The quantitative estimate of drug-likeness (QED) is 0.806. The van der Waals surface area contributed by atoms with Crippen molar-refractivity contribution in [2.45, 2.75) is 12.6 Å². The third kappa shape index (κ3) is 2.56. The molecule has 0 saturated heterocycles. The molecule has 6 heteroatoms. The molecule has 2 rings (SSSR count). The lowest BCUT2D eigenvalue weighted by molar-refractivity contribution is 0.164. The molecule has 0 aliphatic heterocycles. The number of aliphatic hydroxyl groups excluding tert-OH is 1. The molecule has 0 aliphatic rings. The van der Waals surface area contributed by atoms with Crippen LogP contribution in [-0.2, 0) is 6.54 Å². The number of rotatable bonds is 4. The molecule has 0 radical (unpaired) electrons. The molecule has 1 N–H and O–H groups in total. The van der Waals surface area contributed by atoms with E-state index in [-0.39, 0.29) is 12.4 Å². The molecule has 84 valence electrons. The SMILES string of the molecule is OC(CCl)Cn1nnc(-c2ccccc2)n1. The topological polar surface area (TPSA) is 63.8 Å². The van der Waals surface area contributed by atoms with Gasteiger partial charge in [0.05, 0.1) is 18.5 Å². The Morgan fingerprint density at radius 2 is 2.06 bits per heavy atom. The van der Waals surface area contributed by atoms with Gasteiger partial charge in [0, 0.05) is 5.56 Å². The monoisotopic (exact) mass is 238 g/mol. The first-order chi connectivity index (χ1) is 7.79. The fraction of sp³-hybridized carbons (Fsp3) is 0.300. The van der Waals surface area contributed by atoms with Gasteiger partial charge in [0.25, 0.3) is 0 Å². The van der Waals surface area contributed by atoms with Crippen LogP contribution in [-0.4, -0.2) is 37.3 Å². The van der Waals surface area contributed by atoms with Gasteiger partial charge in [-0.3, -0.25) is 0 Å². The molecular formula is C10H11ClN4O. The van der Waals surface area contributed by atoms with Crippen molar-refractivity contribution in [2.75, 3.05) is 5.88 Å². The van der Waals surface area contributed by atoms with Gasteiger partial charge < -0.3 is 5.11 Å². The number of alkyl halides is 1. The summed E-state index contributed by atoms with van der Waals surface area (Å²) in [5.74, 6) is 0.699. The molecular weight excluding hydrogens is 228 g/mol. The highest BCUT2D eigenvalue weighted by Gasteiger charge is 2.08. The van der Waals surface area contributed by atoms with Crippen LogP contribution in [0.4, 0.5) is 0 Å². The van der Waals surface area contributed by atoms with Gasteiger partial charge in [-0.05, 0) is 5.21 Å². The van der Waals surface area contributed by atoms with Crippen molar-refractivity contribution in [3.63, 3.8) is 0 Å². The number of aromatic nitrogens is 4. The van der Waals surface area contributed by atoms with Gasteiger partial charge in [-0.2, -0.15) is 4.80 Å². The molecule has 0 spiro atoms. The summed E-state index contributed by atoms with van der Waals surface area (Å²) in [5.41, 5.74) is 0.897. The molecule has 5 nitrogen and oxygen atoms in total. The summed E-state index contributed by atoms with van der Waals surface area (Å²) in [5, 5.41) is 21.2. The van der Waals surface area contributed by atoms with Gasteiger partial charge >= 0.3 is 0 Å². The van der Waals surface area contributed by atoms with Crippen LogP contribution in [0.25, 0.3) is 11.4 Å². The second kappa shape index (κ2) is 5.05. The van der Waals surface area contributed by atoms with E-state index in [1.54, 1.807) is 0 Å². The zero-order valence-corrected chi connectivity index (χ0v) is 9.25. The van der Waals surface area contributed by atoms with Crippen LogP contribution in [0.1, 0.15) is 0 Å². The first-order valence-corrected chi connectivity index (χ1v) is 5.40. The minimum absolute atomic E-state index is 0.155. The third-order valence-electron chi connectivity index (χ3n) is 2.04. The van der Waals surface area contributed by atoms with Gasteiger partial charge in [0.1, 0.15) is 0 Å². The average molecular weight is 239 g/mol. The number of tetrazole rings is 1. The van der Waals surface area contributed by atoms with Crippen molar-refractivity contribution in [3.8, 4) is 11.4 Å². The third-order valence-corrected chi connectivity index (χ3v) is 2.39. The first kappa shape index (κ1) is 11.0. The van der Waals surface area contributed by atoms with Gasteiger partial charge in [-0.25, -0.2) is 0 Å². The van der Waals surface area contributed by atoms with Crippen LogP contribution in [0.2, 0.25) is 0 Å².